The molecule has 0 aliphatic heterocycles. The third-order valence-corrected chi connectivity index (χ3v) is 2.24. The molecule has 1 nitrogen and oxygen atoms in total. The molecule has 0 atom stereocenters. The van der Waals surface area contributed by atoms with E-state index in [2.05, 4.69) is 17.1 Å². The van der Waals surface area contributed by atoms with Crippen LogP contribution in [-0.2, 0) is 0 Å². The summed E-state index contributed by atoms with van der Waals surface area (Å²) in [5.41, 5.74) is 5.04. The van der Waals surface area contributed by atoms with E-state index in [0.717, 1.165) is 0 Å². The first kappa shape index (κ1) is 5.95. The number of rotatable bonds is 0. The minimum absolute atomic E-state index is 1.21. The lowest BCUT2D eigenvalue weighted by Gasteiger charge is -2.21. The molecule has 0 saturated heterocycles. The van der Waals surface area contributed by atoms with Crippen LogP contribution in [0.5, 0.6) is 0 Å². The van der Waals surface area contributed by atoms with Gasteiger partial charge >= 0.3 is 0 Å². The maximum Gasteiger partial charge on any atom is 0.0353 e. The van der Waals surface area contributed by atoms with Gasteiger partial charge in [0, 0.05) is 18.0 Å². The molecule has 0 saturated carbocycles. The van der Waals surface area contributed by atoms with Crippen LogP contribution < -0.4 is 0 Å². The second kappa shape index (κ2) is 1.95. The highest BCUT2D eigenvalue weighted by Crippen LogP contribution is 2.45. The zero-order valence-corrected chi connectivity index (χ0v) is 6.41. The van der Waals surface area contributed by atoms with Gasteiger partial charge in [-0.1, -0.05) is 18.2 Å². The van der Waals surface area contributed by atoms with Crippen LogP contribution >= 0.6 is 0 Å². The third kappa shape index (κ3) is 0.565. The summed E-state index contributed by atoms with van der Waals surface area (Å²) in [4.78, 5) is 4.08. The summed E-state index contributed by atoms with van der Waals surface area (Å²) in [6.07, 6.45) is 3.73. The molecule has 0 spiro atoms. The minimum atomic E-state index is 1.21. The first-order chi connectivity index (χ1) is 5.97. The van der Waals surface area contributed by atoms with Crippen LogP contribution in [0.1, 0.15) is 0 Å². The highest BCUT2D eigenvalue weighted by atomic mass is 14.6. The normalized spacial score (nSPS) is 11.3. The van der Waals surface area contributed by atoms with Crippen LogP contribution in [-0.4, -0.2) is 4.98 Å². The van der Waals surface area contributed by atoms with E-state index in [1.807, 2.05) is 30.6 Å². The predicted molar refractivity (Wildman–Crippen MR) is 47.5 cm³/mol. The highest BCUT2D eigenvalue weighted by Gasteiger charge is 2.20. The Morgan fingerprint density at radius 2 is 2.08 bits per heavy atom. The molecule has 2 aromatic rings. The van der Waals surface area contributed by atoms with Crippen molar-refractivity contribution >= 4 is 0 Å². The Labute approximate surface area is 70.7 Å². The van der Waals surface area contributed by atoms with Gasteiger partial charge in [0.15, 0.2) is 0 Å². The maximum atomic E-state index is 4.08. The number of hydrogen-bond acceptors (Lipinski definition) is 1. The lowest BCUT2D eigenvalue weighted by Crippen LogP contribution is -1.98. The fraction of sp³-hybridized carbons (Fsp3) is 0. The van der Waals surface area contributed by atoms with E-state index < -0.39 is 0 Å². The van der Waals surface area contributed by atoms with Crippen molar-refractivity contribution in [3.63, 3.8) is 0 Å². The van der Waals surface area contributed by atoms with Crippen LogP contribution in [0.15, 0.2) is 36.7 Å². The Morgan fingerprint density at radius 3 is 3.08 bits per heavy atom. The largest absolute Gasteiger partial charge is 0.264 e. The molecule has 55 valence electrons. The lowest BCUT2D eigenvalue weighted by molar-refractivity contribution is 1.31. The number of nitrogens with zero attached hydrogens (tertiary/aromatic N) is 1. The monoisotopic (exact) mass is 152 g/mol. The summed E-state index contributed by atoms with van der Waals surface area (Å²) in [5, 5.41) is 0. The summed E-state index contributed by atoms with van der Waals surface area (Å²) in [5.74, 6) is 0. The van der Waals surface area contributed by atoms with Crippen molar-refractivity contribution in [1.82, 2.24) is 4.98 Å². The van der Waals surface area contributed by atoms with Gasteiger partial charge in [0.05, 0.1) is 0 Å². The molecule has 0 fully saturated rings. The van der Waals surface area contributed by atoms with Crippen LogP contribution in [0.25, 0.3) is 22.3 Å². The molecular formula is C11H6N. The van der Waals surface area contributed by atoms with Gasteiger partial charge in [-0.15, -0.1) is 0 Å². The maximum absolute atomic E-state index is 4.08. The molecule has 1 aliphatic rings. The topological polar surface area (TPSA) is 12.9 Å². The smallest absolute Gasteiger partial charge is 0.0353 e. The Kier molecular flexibility index (Phi) is 0.965. The molecule has 0 bridgehead atoms. The van der Waals surface area contributed by atoms with Gasteiger partial charge in [0.25, 0.3) is 0 Å². The molecule has 1 heteroatoms. The van der Waals surface area contributed by atoms with Gasteiger partial charge in [0.1, 0.15) is 0 Å². The van der Waals surface area contributed by atoms with E-state index in [9.17, 15) is 0 Å². The Hall–Kier alpha value is -1.63. The quantitative estimate of drug-likeness (QED) is 0.482. The fourth-order valence-corrected chi connectivity index (χ4v) is 1.65. The van der Waals surface area contributed by atoms with Gasteiger partial charge < -0.3 is 0 Å². The SMILES string of the molecule is [c]1cccc2c1-c1cnccc1-2. The summed E-state index contributed by atoms with van der Waals surface area (Å²) >= 11 is 0. The average molecular weight is 152 g/mol. The van der Waals surface area contributed by atoms with E-state index in [0.29, 0.717) is 0 Å². The van der Waals surface area contributed by atoms with Gasteiger partial charge in [-0.3, -0.25) is 4.98 Å². The number of benzene rings is 1. The predicted octanol–water partition coefficient (Wildman–Crippen LogP) is 2.53. The second-order valence-electron chi connectivity index (χ2n) is 2.88. The van der Waals surface area contributed by atoms with E-state index in [4.69, 9.17) is 0 Å². The summed E-state index contributed by atoms with van der Waals surface area (Å²) in [7, 11) is 0. The molecule has 3 rings (SSSR count). The zero-order chi connectivity index (χ0) is 7.97. The summed E-state index contributed by atoms with van der Waals surface area (Å²) in [6, 6.07) is 11.3. The molecule has 0 N–H and O–H groups in total. The van der Waals surface area contributed by atoms with Crippen LogP contribution in [0, 0.1) is 6.07 Å². The lowest BCUT2D eigenvalue weighted by atomic mass is 9.82. The van der Waals surface area contributed by atoms with Crippen LogP contribution in [0.2, 0.25) is 0 Å². The van der Waals surface area contributed by atoms with Gasteiger partial charge in [-0.25, -0.2) is 0 Å². The van der Waals surface area contributed by atoms with Crippen molar-refractivity contribution in [2.75, 3.05) is 0 Å². The fourth-order valence-electron chi connectivity index (χ4n) is 1.65. The summed E-state index contributed by atoms with van der Waals surface area (Å²) in [6.45, 7) is 0. The highest BCUT2D eigenvalue weighted by molar-refractivity contribution is 6.01. The van der Waals surface area contributed by atoms with E-state index >= 15 is 0 Å². The van der Waals surface area contributed by atoms with Crippen molar-refractivity contribution in [2.24, 2.45) is 0 Å². The average Bonchev–Trinajstić information content (AvgIpc) is 2.14. The van der Waals surface area contributed by atoms with Crippen molar-refractivity contribution in [2.45, 2.75) is 0 Å². The number of fused-ring (bicyclic) bond motifs is 4. The molecule has 0 unspecified atom stereocenters. The first-order valence-corrected chi connectivity index (χ1v) is 3.92. The summed E-state index contributed by atoms with van der Waals surface area (Å²) < 4.78 is 0. The van der Waals surface area contributed by atoms with Crippen LogP contribution in [0.3, 0.4) is 0 Å². The number of pyridine rings is 1. The number of hydrogen-bond donors (Lipinski definition) is 0. The Morgan fingerprint density at radius 1 is 1.08 bits per heavy atom. The molecule has 12 heavy (non-hydrogen) atoms. The van der Waals surface area contributed by atoms with E-state index in [1.54, 1.807) is 0 Å². The second-order valence-corrected chi connectivity index (χ2v) is 2.88. The van der Waals surface area contributed by atoms with E-state index in [-0.39, 0.29) is 0 Å². The van der Waals surface area contributed by atoms with Crippen LogP contribution in [0.4, 0.5) is 0 Å². The molecule has 0 amide bonds. The Balaban J connectivity index is 2.34. The van der Waals surface area contributed by atoms with Gasteiger partial charge in [-0.2, -0.15) is 0 Å². The molecule has 1 aromatic carbocycles. The molecular weight excluding hydrogens is 146 g/mol. The van der Waals surface area contributed by atoms with Crippen molar-refractivity contribution in [3.8, 4) is 22.3 Å². The zero-order valence-electron chi connectivity index (χ0n) is 6.41. The third-order valence-electron chi connectivity index (χ3n) is 2.24. The number of aromatic nitrogens is 1. The Bertz CT molecular complexity index is 346. The molecule has 1 radical (unpaired) electrons. The van der Waals surface area contributed by atoms with E-state index in [1.165, 1.54) is 22.3 Å². The standard InChI is InChI=1S/C11H6N/c1-2-4-9-8(3-1)10-5-6-12-7-11(9)10/h1-3,5-7H. The van der Waals surface area contributed by atoms with Crippen molar-refractivity contribution in [1.29, 1.82) is 0 Å². The van der Waals surface area contributed by atoms with Gasteiger partial charge in [0.2, 0.25) is 0 Å². The van der Waals surface area contributed by atoms with Gasteiger partial charge in [-0.05, 0) is 28.8 Å². The molecule has 1 aromatic heterocycles. The van der Waals surface area contributed by atoms with Crippen molar-refractivity contribution < 1.29 is 0 Å². The minimum Gasteiger partial charge on any atom is -0.264 e. The van der Waals surface area contributed by atoms with Crippen molar-refractivity contribution in [3.05, 3.63) is 42.7 Å². The molecule has 1 aliphatic carbocycles. The first-order valence-electron chi connectivity index (χ1n) is 3.92. The molecule has 1 heterocycles.